The fraction of sp³-hybridized carbons (Fsp3) is 0. The van der Waals surface area contributed by atoms with E-state index in [0.717, 1.165) is 0 Å². The number of nitrogens with zero attached hydrogens (tertiary/aromatic N) is 2. The largest absolute Gasteiger partial charge is 0.530 e. The van der Waals surface area contributed by atoms with Gasteiger partial charge in [0.1, 0.15) is 18.2 Å². The fourth-order valence-corrected chi connectivity index (χ4v) is 0.469. The molecule has 1 aromatic heterocycles. The van der Waals surface area contributed by atoms with E-state index >= 15 is 0 Å². The number of rotatable bonds is 1. The molecule has 1 heterocycles. The molecule has 0 aliphatic heterocycles. The molecule has 0 atom stereocenters. The van der Waals surface area contributed by atoms with Gasteiger partial charge in [0.05, 0.1) is 0 Å². The summed E-state index contributed by atoms with van der Waals surface area (Å²) in [7, 11) is 0. The summed E-state index contributed by atoms with van der Waals surface area (Å²) >= 11 is 0. The maximum absolute atomic E-state index is 9.89. The molecule has 0 saturated carbocycles. The Morgan fingerprint density at radius 1 is 1.70 bits per heavy atom. The minimum atomic E-state index is -1.38. The second-order valence-electron chi connectivity index (χ2n) is 1.51. The van der Waals surface area contributed by atoms with Gasteiger partial charge in [0, 0.05) is 6.20 Å². The summed E-state index contributed by atoms with van der Waals surface area (Å²) in [6, 6.07) is 1.43. The van der Waals surface area contributed by atoms with Crippen molar-refractivity contribution in [2.75, 3.05) is 5.32 Å². The summed E-state index contributed by atoms with van der Waals surface area (Å²) in [4.78, 5) is 17.1. The summed E-state index contributed by atoms with van der Waals surface area (Å²) in [6.07, 6.45) is 1.29. The van der Waals surface area contributed by atoms with E-state index < -0.39 is 6.09 Å². The summed E-state index contributed by atoms with van der Waals surface area (Å²) in [5.41, 5.74) is 0. The first-order valence-electron chi connectivity index (χ1n) is 2.53. The Balaban J connectivity index is 2.67. The first kappa shape index (κ1) is 6.47. The van der Waals surface area contributed by atoms with Crippen LogP contribution < -0.4 is 10.4 Å². The smallest absolute Gasteiger partial charge is 0.140 e. The maximum Gasteiger partial charge on any atom is 0.140 e. The van der Waals surface area contributed by atoms with Gasteiger partial charge in [0.15, 0.2) is 0 Å². The Hall–Kier alpha value is -1.65. The van der Waals surface area contributed by atoms with Crippen LogP contribution in [0.15, 0.2) is 18.6 Å². The third-order valence-corrected chi connectivity index (χ3v) is 0.812. The van der Waals surface area contributed by atoms with Crippen LogP contribution >= 0.6 is 0 Å². The maximum atomic E-state index is 9.89. The normalized spacial score (nSPS) is 8.80. The van der Waals surface area contributed by atoms with Crippen molar-refractivity contribution < 1.29 is 9.90 Å². The molecule has 0 aromatic carbocycles. The van der Waals surface area contributed by atoms with E-state index in [0.29, 0.717) is 0 Å². The second kappa shape index (κ2) is 2.77. The Kier molecular flexibility index (Phi) is 1.79. The van der Waals surface area contributed by atoms with Gasteiger partial charge in [-0.1, -0.05) is 0 Å². The molecule has 1 N–H and O–H groups in total. The molecule has 1 amide bonds. The fourth-order valence-electron chi connectivity index (χ4n) is 0.469. The van der Waals surface area contributed by atoms with E-state index in [1.54, 1.807) is 0 Å². The van der Waals surface area contributed by atoms with Crippen LogP contribution in [0.5, 0.6) is 0 Å². The Morgan fingerprint density at radius 3 is 3.00 bits per heavy atom. The second-order valence-corrected chi connectivity index (χ2v) is 1.51. The predicted molar refractivity (Wildman–Crippen MR) is 31.1 cm³/mol. The van der Waals surface area contributed by atoms with Gasteiger partial charge in [-0.2, -0.15) is 0 Å². The molecule has 1 aromatic rings. The highest BCUT2D eigenvalue weighted by Crippen LogP contribution is 1.95. The van der Waals surface area contributed by atoms with Gasteiger partial charge >= 0.3 is 0 Å². The molecule has 5 nitrogen and oxygen atoms in total. The van der Waals surface area contributed by atoms with E-state index in [1.165, 1.54) is 18.6 Å². The average molecular weight is 138 g/mol. The highest BCUT2D eigenvalue weighted by Gasteiger charge is 1.87. The number of anilines is 1. The highest BCUT2D eigenvalue weighted by atomic mass is 16.4. The molecule has 0 unspecified atom stereocenters. The standard InChI is InChI=1S/C5H5N3O2/c9-5(10)8-4-1-2-6-3-7-4/h1-3H,(H,9,10)(H,6,7,8)/p-1. The molecule has 10 heavy (non-hydrogen) atoms. The van der Waals surface area contributed by atoms with Crippen LogP contribution in [-0.2, 0) is 0 Å². The van der Waals surface area contributed by atoms with Crippen LogP contribution in [0, 0.1) is 0 Å². The lowest BCUT2D eigenvalue weighted by Crippen LogP contribution is -2.29. The number of aromatic nitrogens is 2. The molecule has 0 fully saturated rings. The van der Waals surface area contributed by atoms with Gasteiger partial charge in [-0.15, -0.1) is 0 Å². The zero-order valence-electron chi connectivity index (χ0n) is 4.94. The third kappa shape index (κ3) is 1.70. The molecule has 1 rings (SSSR count). The van der Waals surface area contributed by atoms with E-state index in [4.69, 9.17) is 0 Å². The van der Waals surface area contributed by atoms with E-state index in [-0.39, 0.29) is 5.82 Å². The molecule has 0 radical (unpaired) electrons. The number of carbonyl (C=O) groups excluding carboxylic acids is 1. The van der Waals surface area contributed by atoms with Gasteiger partial charge < -0.3 is 15.2 Å². The molecule has 5 heteroatoms. The van der Waals surface area contributed by atoms with Gasteiger partial charge in [0.2, 0.25) is 0 Å². The minimum absolute atomic E-state index is 0.218. The van der Waals surface area contributed by atoms with Gasteiger partial charge in [0.25, 0.3) is 0 Å². The SMILES string of the molecule is O=C([O-])Nc1ccncn1. The Bertz CT molecular complexity index is 224. The number of amides is 1. The van der Waals surface area contributed by atoms with E-state index in [1.807, 2.05) is 5.32 Å². The Morgan fingerprint density at radius 2 is 2.50 bits per heavy atom. The number of hydrogen-bond donors (Lipinski definition) is 1. The topological polar surface area (TPSA) is 77.9 Å². The lowest BCUT2D eigenvalue weighted by Gasteiger charge is -2.02. The van der Waals surface area contributed by atoms with Crippen molar-refractivity contribution in [2.45, 2.75) is 0 Å². The van der Waals surface area contributed by atoms with Gasteiger partial charge in [-0.25, -0.2) is 9.97 Å². The van der Waals surface area contributed by atoms with Gasteiger partial charge in [-0.3, -0.25) is 0 Å². The number of carbonyl (C=O) groups is 1. The molecular weight excluding hydrogens is 134 g/mol. The van der Waals surface area contributed by atoms with Crippen molar-refractivity contribution in [1.82, 2.24) is 9.97 Å². The van der Waals surface area contributed by atoms with Crippen LogP contribution in [0.3, 0.4) is 0 Å². The van der Waals surface area contributed by atoms with Crippen molar-refractivity contribution >= 4 is 11.9 Å². The molecule has 0 saturated heterocycles. The molecule has 0 aliphatic rings. The first-order chi connectivity index (χ1) is 4.79. The third-order valence-electron chi connectivity index (χ3n) is 0.812. The molecule has 52 valence electrons. The first-order valence-corrected chi connectivity index (χ1v) is 2.53. The summed E-state index contributed by atoms with van der Waals surface area (Å²) < 4.78 is 0. The van der Waals surface area contributed by atoms with Crippen LogP contribution in [0.25, 0.3) is 0 Å². The van der Waals surface area contributed by atoms with Crippen LogP contribution in [-0.4, -0.2) is 16.1 Å². The van der Waals surface area contributed by atoms with Gasteiger partial charge in [-0.05, 0) is 6.07 Å². The number of nitrogens with one attached hydrogen (secondary N) is 1. The van der Waals surface area contributed by atoms with Crippen LogP contribution in [0.4, 0.5) is 10.6 Å². The molecule has 0 bridgehead atoms. The Labute approximate surface area is 56.7 Å². The van der Waals surface area contributed by atoms with E-state index in [2.05, 4.69) is 9.97 Å². The molecule has 0 spiro atoms. The van der Waals surface area contributed by atoms with Crippen molar-refractivity contribution in [3.63, 3.8) is 0 Å². The van der Waals surface area contributed by atoms with Crippen LogP contribution in [0.1, 0.15) is 0 Å². The zero-order chi connectivity index (χ0) is 7.40. The quantitative estimate of drug-likeness (QED) is 0.552. The zero-order valence-corrected chi connectivity index (χ0v) is 4.94. The molecular formula is C5H4N3O2-. The van der Waals surface area contributed by atoms with Crippen molar-refractivity contribution in [1.29, 1.82) is 0 Å². The summed E-state index contributed by atoms with van der Waals surface area (Å²) in [5.74, 6) is 0.218. The summed E-state index contributed by atoms with van der Waals surface area (Å²) in [6.45, 7) is 0. The lowest BCUT2D eigenvalue weighted by atomic mass is 10.6. The predicted octanol–water partition coefficient (Wildman–Crippen LogP) is -0.768. The number of hydrogen-bond acceptors (Lipinski definition) is 4. The van der Waals surface area contributed by atoms with Crippen molar-refractivity contribution in [3.8, 4) is 0 Å². The minimum Gasteiger partial charge on any atom is -0.530 e. The molecule has 0 aliphatic carbocycles. The summed E-state index contributed by atoms with van der Waals surface area (Å²) in [5, 5.41) is 11.8. The van der Waals surface area contributed by atoms with Crippen molar-refractivity contribution in [3.05, 3.63) is 18.6 Å². The van der Waals surface area contributed by atoms with Crippen LogP contribution in [0.2, 0.25) is 0 Å². The monoisotopic (exact) mass is 138 g/mol. The number of carboxylic acid groups (broad SMARTS) is 1. The lowest BCUT2D eigenvalue weighted by molar-refractivity contribution is -0.242. The highest BCUT2D eigenvalue weighted by molar-refractivity contribution is 5.79. The average Bonchev–Trinajstić information content (AvgIpc) is 1.88. The van der Waals surface area contributed by atoms with E-state index in [9.17, 15) is 9.90 Å². The van der Waals surface area contributed by atoms with Crippen molar-refractivity contribution in [2.24, 2.45) is 0 Å².